The Labute approximate surface area is 112 Å². The van der Waals surface area contributed by atoms with Gasteiger partial charge in [0.25, 0.3) is 5.78 Å². The lowest BCUT2D eigenvalue weighted by molar-refractivity contribution is 0.499. The van der Waals surface area contributed by atoms with Gasteiger partial charge in [0.15, 0.2) is 0 Å². The molecule has 98 valence electrons. The van der Waals surface area contributed by atoms with E-state index in [-0.39, 0.29) is 0 Å². The number of fused-ring (bicyclic) bond motifs is 1. The number of anilines is 1. The molecule has 0 spiro atoms. The summed E-state index contributed by atoms with van der Waals surface area (Å²) in [6.07, 6.45) is 1.50. The molecule has 2 heterocycles. The molecule has 0 radical (unpaired) electrons. The van der Waals surface area contributed by atoms with Gasteiger partial charge in [-0.2, -0.15) is 19.6 Å². The van der Waals surface area contributed by atoms with E-state index >= 15 is 0 Å². The van der Waals surface area contributed by atoms with Gasteiger partial charge in [-0.1, -0.05) is 25.4 Å². The first-order chi connectivity index (χ1) is 8.43. The van der Waals surface area contributed by atoms with Crippen molar-refractivity contribution in [3.8, 4) is 0 Å². The lowest BCUT2D eigenvalue weighted by Gasteiger charge is -2.31. The maximum Gasteiger partial charge on any atom is 0.255 e. The van der Waals surface area contributed by atoms with Crippen molar-refractivity contribution >= 4 is 23.2 Å². The summed E-state index contributed by atoms with van der Waals surface area (Å²) in [7, 11) is 2.05. The van der Waals surface area contributed by atoms with Crippen LogP contribution in [0.1, 0.15) is 26.3 Å². The molecule has 1 unspecified atom stereocenters. The van der Waals surface area contributed by atoms with Gasteiger partial charge >= 0.3 is 0 Å². The number of hydrogen-bond acceptors (Lipinski definition) is 4. The maximum atomic E-state index is 6.16. The zero-order valence-corrected chi connectivity index (χ0v) is 12.1. The summed E-state index contributed by atoms with van der Waals surface area (Å²) < 4.78 is 1.74. The van der Waals surface area contributed by atoms with E-state index in [1.165, 1.54) is 6.33 Å². The van der Waals surface area contributed by atoms with Crippen LogP contribution in [0.5, 0.6) is 0 Å². The van der Waals surface area contributed by atoms with Gasteiger partial charge < -0.3 is 4.90 Å². The van der Waals surface area contributed by atoms with Gasteiger partial charge in [0.1, 0.15) is 17.3 Å². The number of halogens is 1. The number of aromatic nitrogens is 4. The topological polar surface area (TPSA) is 46.3 Å². The lowest BCUT2D eigenvalue weighted by Crippen LogP contribution is -2.35. The second kappa shape index (κ2) is 4.72. The third-order valence-corrected chi connectivity index (χ3v) is 3.85. The molecule has 0 fully saturated rings. The Morgan fingerprint density at radius 3 is 2.61 bits per heavy atom. The largest absolute Gasteiger partial charge is 0.356 e. The minimum absolute atomic E-state index is 0.370. The Morgan fingerprint density at radius 2 is 2.00 bits per heavy atom. The van der Waals surface area contributed by atoms with Crippen LogP contribution in [-0.4, -0.2) is 32.7 Å². The van der Waals surface area contributed by atoms with Gasteiger partial charge in [0, 0.05) is 18.7 Å². The highest BCUT2D eigenvalue weighted by atomic mass is 35.5. The van der Waals surface area contributed by atoms with Crippen molar-refractivity contribution in [1.29, 1.82) is 0 Å². The van der Waals surface area contributed by atoms with E-state index in [2.05, 4.69) is 40.7 Å². The van der Waals surface area contributed by atoms with Gasteiger partial charge in [-0.05, 0) is 19.8 Å². The molecule has 0 aliphatic heterocycles. The summed E-state index contributed by atoms with van der Waals surface area (Å²) in [6.45, 7) is 8.52. The Balaban J connectivity index is 2.61. The quantitative estimate of drug-likeness (QED) is 0.802. The predicted octanol–water partition coefficient (Wildman–Crippen LogP) is 2.57. The maximum absolute atomic E-state index is 6.16. The molecule has 0 amide bonds. The van der Waals surface area contributed by atoms with Crippen molar-refractivity contribution in [2.45, 2.75) is 33.7 Å². The fourth-order valence-corrected chi connectivity index (χ4v) is 2.10. The highest BCUT2D eigenvalue weighted by Gasteiger charge is 2.21. The summed E-state index contributed by atoms with van der Waals surface area (Å²) in [5.74, 6) is 2.01. The summed E-state index contributed by atoms with van der Waals surface area (Å²) in [6, 6.07) is 0.370. The van der Waals surface area contributed by atoms with Gasteiger partial charge in [-0.15, -0.1) is 0 Å². The van der Waals surface area contributed by atoms with E-state index in [1.807, 2.05) is 14.0 Å². The Morgan fingerprint density at radius 1 is 1.33 bits per heavy atom. The van der Waals surface area contributed by atoms with E-state index in [9.17, 15) is 0 Å². The van der Waals surface area contributed by atoms with E-state index < -0.39 is 0 Å². The van der Waals surface area contributed by atoms with E-state index in [0.29, 0.717) is 22.9 Å². The normalized spacial score (nSPS) is 13.3. The molecule has 0 aliphatic carbocycles. The lowest BCUT2D eigenvalue weighted by atomic mass is 10.1. The molecule has 0 N–H and O–H groups in total. The van der Waals surface area contributed by atoms with Crippen LogP contribution in [0, 0.1) is 12.8 Å². The van der Waals surface area contributed by atoms with Gasteiger partial charge in [-0.25, -0.2) is 0 Å². The average Bonchev–Trinajstić information content (AvgIpc) is 2.76. The molecule has 2 rings (SSSR count). The molecule has 0 saturated heterocycles. The molecular formula is C12H18ClN5. The minimum atomic E-state index is 0.370. The summed E-state index contributed by atoms with van der Waals surface area (Å²) in [5, 5.41) is 4.71. The first-order valence-corrected chi connectivity index (χ1v) is 6.40. The second-order valence-corrected chi connectivity index (χ2v) is 5.28. The Bertz CT molecular complexity index is 563. The first-order valence-electron chi connectivity index (χ1n) is 6.02. The highest BCUT2D eigenvalue weighted by Crippen LogP contribution is 2.27. The van der Waals surface area contributed by atoms with Gasteiger partial charge in [0.2, 0.25) is 0 Å². The van der Waals surface area contributed by atoms with Crippen molar-refractivity contribution < 1.29 is 0 Å². The Hall–Kier alpha value is -1.36. The smallest absolute Gasteiger partial charge is 0.255 e. The molecule has 0 bridgehead atoms. The molecular weight excluding hydrogens is 250 g/mol. The fraction of sp³-hybridized carbons (Fsp3) is 0.583. The van der Waals surface area contributed by atoms with E-state index in [0.717, 1.165) is 11.4 Å². The van der Waals surface area contributed by atoms with Crippen LogP contribution in [0.2, 0.25) is 5.15 Å². The van der Waals surface area contributed by atoms with Gasteiger partial charge in [0.05, 0.1) is 0 Å². The third kappa shape index (κ3) is 2.03. The van der Waals surface area contributed by atoms with Crippen molar-refractivity contribution in [3.63, 3.8) is 0 Å². The molecule has 0 saturated carbocycles. The zero-order chi connectivity index (χ0) is 13.4. The zero-order valence-electron chi connectivity index (χ0n) is 11.3. The van der Waals surface area contributed by atoms with Crippen LogP contribution < -0.4 is 4.90 Å². The highest BCUT2D eigenvalue weighted by molar-refractivity contribution is 6.30. The summed E-state index contributed by atoms with van der Waals surface area (Å²) in [4.78, 5) is 10.5. The van der Waals surface area contributed by atoms with Gasteiger partial charge in [-0.3, -0.25) is 0 Å². The summed E-state index contributed by atoms with van der Waals surface area (Å²) >= 11 is 6.16. The molecule has 0 aliphatic rings. The molecule has 2 aromatic heterocycles. The van der Waals surface area contributed by atoms with Crippen LogP contribution >= 0.6 is 11.6 Å². The molecule has 2 aromatic rings. The predicted molar refractivity (Wildman–Crippen MR) is 73.2 cm³/mol. The van der Waals surface area contributed by atoms with Crippen molar-refractivity contribution in [2.75, 3.05) is 11.9 Å². The number of hydrogen-bond donors (Lipinski definition) is 0. The van der Waals surface area contributed by atoms with Crippen LogP contribution in [0.25, 0.3) is 5.78 Å². The number of nitrogens with zero attached hydrogens (tertiary/aromatic N) is 5. The SMILES string of the molecule is Cc1c(Cl)nc2ncnn2c1N(C)C(C)C(C)C. The average molecular weight is 268 g/mol. The van der Waals surface area contributed by atoms with Crippen LogP contribution in [0.3, 0.4) is 0 Å². The fourth-order valence-electron chi connectivity index (χ4n) is 1.94. The van der Waals surface area contributed by atoms with Crippen LogP contribution in [0.4, 0.5) is 5.82 Å². The third-order valence-electron chi connectivity index (χ3n) is 3.48. The van der Waals surface area contributed by atoms with E-state index in [4.69, 9.17) is 11.6 Å². The van der Waals surface area contributed by atoms with Crippen molar-refractivity contribution in [1.82, 2.24) is 19.6 Å². The second-order valence-electron chi connectivity index (χ2n) is 4.92. The first kappa shape index (κ1) is 13.1. The van der Waals surface area contributed by atoms with Crippen LogP contribution in [0.15, 0.2) is 6.33 Å². The molecule has 5 nitrogen and oxygen atoms in total. The molecule has 0 aromatic carbocycles. The molecule has 6 heteroatoms. The summed E-state index contributed by atoms with van der Waals surface area (Å²) in [5.41, 5.74) is 0.921. The van der Waals surface area contributed by atoms with Crippen molar-refractivity contribution in [3.05, 3.63) is 17.0 Å². The van der Waals surface area contributed by atoms with E-state index in [1.54, 1.807) is 4.52 Å². The standard InChI is InChI=1S/C12H18ClN5/c1-7(2)9(4)17(5)11-8(3)10(13)16-12-14-6-15-18(11)12/h6-7,9H,1-5H3. The monoisotopic (exact) mass is 267 g/mol. The molecule has 1 atom stereocenters. The minimum Gasteiger partial charge on any atom is -0.356 e. The number of rotatable bonds is 3. The Kier molecular flexibility index (Phi) is 3.43. The molecule has 18 heavy (non-hydrogen) atoms. The van der Waals surface area contributed by atoms with Crippen LogP contribution in [-0.2, 0) is 0 Å². The van der Waals surface area contributed by atoms with Crippen molar-refractivity contribution in [2.24, 2.45) is 5.92 Å².